The number of aromatic hydroxyl groups is 1. The molecule has 0 heterocycles. The van der Waals surface area contributed by atoms with E-state index in [0.717, 1.165) is 5.56 Å². The Balaban J connectivity index is 2.85. The van der Waals surface area contributed by atoms with Crippen molar-refractivity contribution in [2.24, 2.45) is 0 Å². The number of carbonyl (C=O) groups is 1. The van der Waals surface area contributed by atoms with Crippen molar-refractivity contribution in [3.05, 3.63) is 29.8 Å². The number of rotatable bonds is 10. The van der Waals surface area contributed by atoms with Crippen molar-refractivity contribution in [1.29, 1.82) is 0 Å². The van der Waals surface area contributed by atoms with Crippen LogP contribution in [-0.4, -0.2) is 35.9 Å². The van der Waals surface area contributed by atoms with E-state index in [1.54, 1.807) is 38.1 Å². The second kappa shape index (κ2) is 9.82. The zero-order valence-electron chi connectivity index (χ0n) is 14.8. The van der Waals surface area contributed by atoms with Gasteiger partial charge in [0.2, 0.25) is 5.91 Å². The van der Waals surface area contributed by atoms with Crippen molar-refractivity contribution < 1.29 is 23.5 Å². The third-order valence-electron chi connectivity index (χ3n) is 3.61. The van der Waals surface area contributed by atoms with Gasteiger partial charge in [0.05, 0.1) is 18.9 Å². The van der Waals surface area contributed by atoms with E-state index in [9.17, 15) is 14.5 Å². The third kappa shape index (κ3) is 6.63. The molecule has 0 radical (unpaired) electrons. The summed E-state index contributed by atoms with van der Waals surface area (Å²) in [5.41, 5.74) is 0.632. The maximum absolute atomic E-state index is 12.8. The van der Waals surface area contributed by atoms with Crippen LogP contribution in [0.15, 0.2) is 24.3 Å². The number of amides is 1. The first-order chi connectivity index (χ1) is 11.3. The molecule has 2 atom stereocenters. The maximum atomic E-state index is 12.8. The minimum Gasteiger partial charge on any atom is -0.508 e. The summed E-state index contributed by atoms with van der Waals surface area (Å²) < 4.78 is 23.6. The Morgan fingerprint density at radius 3 is 2.21 bits per heavy atom. The molecular weight excluding hydrogens is 329 g/mol. The maximum Gasteiger partial charge on any atom is 0.333 e. The largest absolute Gasteiger partial charge is 0.508 e. The molecule has 1 amide bonds. The summed E-state index contributed by atoms with van der Waals surface area (Å²) in [4.78, 5) is 11.5. The number of phenolic OH excluding ortho intramolecular Hbond substituents is 1. The molecule has 136 valence electrons. The number of carbonyl (C=O) groups excluding carboxylic acids is 1. The number of nitrogens with one attached hydrogen (secondary N) is 1. The van der Waals surface area contributed by atoms with Crippen LogP contribution in [-0.2, 0) is 24.8 Å². The van der Waals surface area contributed by atoms with Crippen molar-refractivity contribution in [1.82, 2.24) is 5.32 Å². The second-order valence-corrected chi connectivity index (χ2v) is 8.21. The Kier molecular flexibility index (Phi) is 8.46. The van der Waals surface area contributed by atoms with Gasteiger partial charge in [-0.15, -0.1) is 0 Å². The van der Waals surface area contributed by atoms with Gasteiger partial charge in [-0.1, -0.05) is 19.1 Å². The summed E-state index contributed by atoms with van der Waals surface area (Å²) in [7, 11) is -3.21. The van der Waals surface area contributed by atoms with Crippen LogP contribution in [0.2, 0.25) is 0 Å². The van der Waals surface area contributed by atoms with Crippen LogP contribution in [0.5, 0.6) is 5.75 Å². The van der Waals surface area contributed by atoms with Crippen molar-refractivity contribution in [2.75, 3.05) is 13.2 Å². The van der Waals surface area contributed by atoms with E-state index < -0.39 is 7.60 Å². The van der Waals surface area contributed by atoms with E-state index in [0.29, 0.717) is 26.1 Å². The van der Waals surface area contributed by atoms with Gasteiger partial charge >= 0.3 is 7.60 Å². The predicted molar refractivity (Wildman–Crippen MR) is 94.4 cm³/mol. The highest BCUT2D eigenvalue weighted by Crippen LogP contribution is 2.54. The Bertz CT molecular complexity index is 551. The fourth-order valence-electron chi connectivity index (χ4n) is 2.59. The number of hydrogen-bond donors (Lipinski definition) is 2. The molecule has 0 saturated carbocycles. The normalized spacial score (nSPS) is 14.2. The molecule has 1 aromatic carbocycles. The SMILES string of the molecule is CCOP(=O)(OCC)C(C)C[C@@H](Cc1ccc(O)cc1)NC(C)=O. The van der Waals surface area contributed by atoms with Crippen LogP contribution in [0.1, 0.15) is 39.7 Å². The standard InChI is InChI=1S/C17H28NO5P/c1-5-22-24(21,23-6-2)13(3)11-16(18-14(4)19)12-15-7-9-17(20)10-8-15/h7-10,13,16,20H,5-6,11-12H2,1-4H3,(H,18,19)/t13?,16-/m0/s1. The van der Waals surface area contributed by atoms with Crippen LogP contribution in [0.25, 0.3) is 0 Å². The molecule has 0 aliphatic rings. The summed E-state index contributed by atoms with van der Waals surface area (Å²) in [6.45, 7) is 7.45. The lowest BCUT2D eigenvalue weighted by atomic mass is 10.0. The van der Waals surface area contributed by atoms with Crippen molar-refractivity contribution in [2.45, 2.75) is 52.2 Å². The monoisotopic (exact) mass is 357 g/mol. The van der Waals surface area contributed by atoms with Crippen LogP contribution in [0.3, 0.4) is 0 Å². The van der Waals surface area contributed by atoms with E-state index in [-0.39, 0.29) is 23.4 Å². The molecule has 0 aromatic heterocycles. The van der Waals surface area contributed by atoms with Crippen LogP contribution >= 0.6 is 7.60 Å². The molecule has 0 bridgehead atoms. The zero-order valence-corrected chi connectivity index (χ0v) is 15.7. The van der Waals surface area contributed by atoms with E-state index in [1.165, 1.54) is 6.92 Å². The smallest absolute Gasteiger partial charge is 0.333 e. The van der Waals surface area contributed by atoms with Gasteiger partial charge in [-0.05, 0) is 44.4 Å². The van der Waals surface area contributed by atoms with E-state index in [1.807, 2.05) is 6.92 Å². The first kappa shape index (κ1) is 20.7. The molecule has 0 aliphatic carbocycles. The highest BCUT2D eigenvalue weighted by Gasteiger charge is 2.33. The first-order valence-electron chi connectivity index (χ1n) is 8.24. The minimum atomic E-state index is -3.21. The zero-order chi connectivity index (χ0) is 18.2. The van der Waals surface area contributed by atoms with Gasteiger partial charge in [-0.2, -0.15) is 0 Å². The van der Waals surface area contributed by atoms with E-state index in [2.05, 4.69) is 5.32 Å². The molecule has 24 heavy (non-hydrogen) atoms. The lowest BCUT2D eigenvalue weighted by Gasteiger charge is -2.27. The molecule has 1 rings (SSSR count). The predicted octanol–water partition coefficient (Wildman–Crippen LogP) is 3.48. The first-order valence-corrected chi connectivity index (χ1v) is 9.85. The fourth-order valence-corrected chi connectivity index (χ4v) is 4.41. The molecule has 0 saturated heterocycles. The van der Waals surface area contributed by atoms with Gasteiger partial charge in [0.1, 0.15) is 5.75 Å². The van der Waals surface area contributed by atoms with Gasteiger partial charge in [0.25, 0.3) is 0 Å². The highest BCUT2D eigenvalue weighted by molar-refractivity contribution is 7.54. The van der Waals surface area contributed by atoms with Gasteiger partial charge in [0.15, 0.2) is 0 Å². The summed E-state index contributed by atoms with van der Waals surface area (Å²) in [6, 6.07) is 6.62. The van der Waals surface area contributed by atoms with Gasteiger partial charge in [-0.25, -0.2) is 0 Å². The van der Waals surface area contributed by atoms with Crippen molar-refractivity contribution >= 4 is 13.5 Å². The van der Waals surface area contributed by atoms with E-state index >= 15 is 0 Å². The summed E-state index contributed by atoms with van der Waals surface area (Å²) in [5.74, 6) is 0.0500. The van der Waals surface area contributed by atoms with Gasteiger partial charge in [-0.3, -0.25) is 9.36 Å². The molecular formula is C17H28NO5P. The van der Waals surface area contributed by atoms with Crippen molar-refractivity contribution in [3.63, 3.8) is 0 Å². The highest BCUT2D eigenvalue weighted by atomic mass is 31.2. The lowest BCUT2D eigenvalue weighted by molar-refractivity contribution is -0.119. The van der Waals surface area contributed by atoms with Gasteiger partial charge in [0, 0.05) is 13.0 Å². The second-order valence-electron chi connectivity index (χ2n) is 5.73. The number of benzene rings is 1. The van der Waals surface area contributed by atoms with Crippen LogP contribution < -0.4 is 5.32 Å². The molecule has 0 spiro atoms. The Hall–Kier alpha value is -1.36. The summed E-state index contributed by atoms with van der Waals surface area (Å²) in [5, 5.41) is 12.3. The summed E-state index contributed by atoms with van der Waals surface area (Å²) >= 11 is 0. The van der Waals surface area contributed by atoms with Crippen LogP contribution in [0.4, 0.5) is 0 Å². The molecule has 0 fully saturated rings. The summed E-state index contributed by atoms with van der Waals surface area (Å²) in [6.07, 6.45) is 1.04. The molecule has 6 nitrogen and oxygen atoms in total. The molecule has 2 N–H and O–H groups in total. The average Bonchev–Trinajstić information content (AvgIpc) is 2.49. The lowest BCUT2D eigenvalue weighted by Crippen LogP contribution is -2.37. The molecule has 0 aliphatic heterocycles. The number of phenols is 1. The fraction of sp³-hybridized carbons (Fsp3) is 0.588. The molecule has 7 heteroatoms. The minimum absolute atomic E-state index is 0.145. The third-order valence-corrected chi connectivity index (χ3v) is 6.14. The van der Waals surface area contributed by atoms with Gasteiger partial charge < -0.3 is 19.5 Å². The Morgan fingerprint density at radius 2 is 1.75 bits per heavy atom. The Labute approximate surface area is 144 Å². The average molecular weight is 357 g/mol. The van der Waals surface area contributed by atoms with E-state index in [4.69, 9.17) is 9.05 Å². The van der Waals surface area contributed by atoms with Crippen LogP contribution in [0, 0.1) is 0 Å². The number of hydrogen-bond acceptors (Lipinski definition) is 5. The molecule has 1 unspecified atom stereocenters. The Morgan fingerprint density at radius 1 is 1.21 bits per heavy atom. The quantitative estimate of drug-likeness (QED) is 0.626. The molecule has 1 aromatic rings. The van der Waals surface area contributed by atoms with Crippen molar-refractivity contribution in [3.8, 4) is 5.75 Å². The topological polar surface area (TPSA) is 84.9 Å².